The van der Waals surface area contributed by atoms with Crippen molar-refractivity contribution in [2.24, 2.45) is 0 Å². The molecule has 0 saturated carbocycles. The van der Waals surface area contributed by atoms with E-state index in [1.165, 1.54) is 18.2 Å². The van der Waals surface area contributed by atoms with Crippen LogP contribution < -0.4 is 5.32 Å². The molecule has 0 bridgehead atoms. The first kappa shape index (κ1) is 18.6. The fourth-order valence-corrected chi connectivity index (χ4v) is 2.08. The van der Waals surface area contributed by atoms with Crippen molar-refractivity contribution < 1.29 is 19.4 Å². The summed E-state index contributed by atoms with van der Waals surface area (Å²) in [4.78, 5) is 26.9. The van der Waals surface area contributed by atoms with Crippen LogP contribution in [0, 0.1) is 0 Å². The number of nitrogens with zero attached hydrogens (tertiary/aromatic N) is 1. The van der Waals surface area contributed by atoms with Crippen LogP contribution in [0.4, 0.5) is 0 Å². The molecule has 0 aliphatic rings. The molecule has 0 spiro atoms. The topological polar surface area (TPSA) is 88.5 Å². The van der Waals surface area contributed by atoms with Gasteiger partial charge in [-0.1, -0.05) is 30.3 Å². The molecule has 0 saturated heterocycles. The largest absolute Gasteiger partial charge is 0.477 e. The number of rotatable bonds is 6. The number of ether oxygens (including phenoxy) is 1. The number of nitrogens with one attached hydrogen (secondary N) is 1. The second-order valence-electron chi connectivity index (χ2n) is 6.62. The minimum absolute atomic E-state index is 0.0760. The van der Waals surface area contributed by atoms with Gasteiger partial charge >= 0.3 is 5.97 Å². The lowest BCUT2D eigenvalue weighted by Gasteiger charge is -2.19. The molecule has 2 rings (SSSR count). The number of carbonyl (C=O) groups excluding carboxylic acids is 1. The molecule has 2 N–H and O–H groups in total. The number of pyridine rings is 1. The standard InChI is InChI=1S/C19H22N2O4/c1-19(2,3)25-12-14-7-4-6-13(10-14)11-20-17(22)15-8-5-9-16(21-15)18(23)24/h4-10H,11-12H2,1-3H3,(H,20,22)(H,23,24). The van der Waals surface area contributed by atoms with E-state index in [1.54, 1.807) is 0 Å². The van der Waals surface area contributed by atoms with E-state index in [0.717, 1.165) is 11.1 Å². The number of hydrogen-bond acceptors (Lipinski definition) is 4. The van der Waals surface area contributed by atoms with Crippen molar-refractivity contribution in [3.8, 4) is 0 Å². The highest BCUT2D eigenvalue weighted by Crippen LogP contribution is 2.13. The molecule has 0 unspecified atom stereocenters. The molecule has 0 radical (unpaired) electrons. The highest BCUT2D eigenvalue weighted by Gasteiger charge is 2.12. The number of carbonyl (C=O) groups is 2. The third-order valence-electron chi connectivity index (χ3n) is 3.32. The van der Waals surface area contributed by atoms with Gasteiger partial charge in [0, 0.05) is 6.54 Å². The van der Waals surface area contributed by atoms with Crippen LogP contribution in [-0.4, -0.2) is 27.6 Å². The Kier molecular flexibility index (Phi) is 5.88. The maximum atomic E-state index is 12.1. The number of carboxylic acids is 1. The second kappa shape index (κ2) is 7.90. The number of amides is 1. The maximum absolute atomic E-state index is 12.1. The van der Waals surface area contributed by atoms with Gasteiger partial charge in [-0.25, -0.2) is 9.78 Å². The number of hydrogen-bond donors (Lipinski definition) is 2. The van der Waals surface area contributed by atoms with E-state index in [9.17, 15) is 9.59 Å². The zero-order valence-corrected chi connectivity index (χ0v) is 14.6. The minimum atomic E-state index is -1.17. The maximum Gasteiger partial charge on any atom is 0.354 e. The van der Waals surface area contributed by atoms with Crippen LogP contribution in [0.1, 0.15) is 52.9 Å². The lowest BCUT2D eigenvalue weighted by Crippen LogP contribution is -2.24. The summed E-state index contributed by atoms with van der Waals surface area (Å²) in [5, 5.41) is 11.7. The molecule has 1 aromatic heterocycles. The molecule has 0 fully saturated rings. The van der Waals surface area contributed by atoms with Crippen LogP contribution in [0.15, 0.2) is 42.5 Å². The molecule has 0 atom stereocenters. The number of aromatic carboxylic acids is 1. The number of benzene rings is 1. The van der Waals surface area contributed by atoms with Crippen LogP contribution in [0.3, 0.4) is 0 Å². The average Bonchev–Trinajstić information content (AvgIpc) is 2.58. The third kappa shape index (κ3) is 6.00. The first-order valence-electron chi connectivity index (χ1n) is 7.95. The Morgan fingerprint density at radius 1 is 1.08 bits per heavy atom. The Labute approximate surface area is 146 Å². The van der Waals surface area contributed by atoms with Crippen LogP contribution >= 0.6 is 0 Å². The Morgan fingerprint density at radius 3 is 2.40 bits per heavy atom. The lowest BCUT2D eigenvalue weighted by molar-refractivity contribution is -0.0149. The SMILES string of the molecule is CC(C)(C)OCc1cccc(CNC(=O)c2cccc(C(=O)O)n2)c1. The van der Waals surface area contributed by atoms with Crippen molar-refractivity contribution in [3.05, 3.63) is 65.0 Å². The Balaban J connectivity index is 1.98. The minimum Gasteiger partial charge on any atom is -0.477 e. The Hall–Kier alpha value is -2.73. The van der Waals surface area contributed by atoms with Crippen molar-refractivity contribution >= 4 is 11.9 Å². The molecule has 1 heterocycles. The van der Waals surface area contributed by atoms with E-state index in [-0.39, 0.29) is 17.0 Å². The van der Waals surface area contributed by atoms with Crippen LogP contribution in [0.2, 0.25) is 0 Å². The Bertz CT molecular complexity index is 766. The summed E-state index contributed by atoms with van der Waals surface area (Å²) < 4.78 is 5.75. The van der Waals surface area contributed by atoms with E-state index in [0.29, 0.717) is 13.2 Å². The van der Waals surface area contributed by atoms with Gasteiger partial charge in [0.2, 0.25) is 0 Å². The highest BCUT2D eigenvalue weighted by molar-refractivity contribution is 5.94. The van der Waals surface area contributed by atoms with Crippen molar-refractivity contribution in [2.75, 3.05) is 0 Å². The molecule has 25 heavy (non-hydrogen) atoms. The van der Waals surface area contributed by atoms with Gasteiger partial charge in [-0.05, 0) is 44.0 Å². The van der Waals surface area contributed by atoms with E-state index in [2.05, 4.69) is 10.3 Å². The van der Waals surface area contributed by atoms with Crippen molar-refractivity contribution in [3.63, 3.8) is 0 Å². The molecule has 0 aliphatic heterocycles. The summed E-state index contributed by atoms with van der Waals surface area (Å²) in [5.74, 6) is -1.58. The van der Waals surface area contributed by atoms with Gasteiger partial charge in [0.15, 0.2) is 0 Å². The molecule has 1 amide bonds. The molecule has 6 nitrogen and oxygen atoms in total. The smallest absolute Gasteiger partial charge is 0.354 e. The van der Waals surface area contributed by atoms with Gasteiger partial charge in [0.1, 0.15) is 11.4 Å². The summed E-state index contributed by atoms with van der Waals surface area (Å²) in [5.41, 5.74) is 1.65. The summed E-state index contributed by atoms with van der Waals surface area (Å²) in [6, 6.07) is 12.1. The summed E-state index contributed by atoms with van der Waals surface area (Å²) in [6.45, 7) is 6.80. The molecular weight excluding hydrogens is 320 g/mol. The summed E-state index contributed by atoms with van der Waals surface area (Å²) >= 11 is 0. The fraction of sp³-hybridized carbons (Fsp3) is 0.316. The zero-order valence-electron chi connectivity index (χ0n) is 14.6. The molecule has 6 heteroatoms. The molecule has 132 valence electrons. The molecule has 1 aromatic carbocycles. The van der Waals surface area contributed by atoms with Crippen molar-refractivity contribution in [1.29, 1.82) is 0 Å². The lowest BCUT2D eigenvalue weighted by atomic mass is 10.1. The second-order valence-corrected chi connectivity index (χ2v) is 6.62. The van der Waals surface area contributed by atoms with E-state index in [4.69, 9.17) is 9.84 Å². The number of carboxylic acid groups (broad SMARTS) is 1. The van der Waals surface area contributed by atoms with Crippen molar-refractivity contribution in [2.45, 2.75) is 39.5 Å². The van der Waals surface area contributed by atoms with Gasteiger partial charge < -0.3 is 15.2 Å². The first-order chi connectivity index (χ1) is 11.7. The quantitative estimate of drug-likeness (QED) is 0.842. The van der Waals surface area contributed by atoms with Crippen molar-refractivity contribution in [1.82, 2.24) is 10.3 Å². The Morgan fingerprint density at radius 2 is 1.72 bits per heavy atom. The first-order valence-corrected chi connectivity index (χ1v) is 7.95. The molecule has 0 aliphatic carbocycles. The number of aromatic nitrogens is 1. The van der Waals surface area contributed by atoms with Gasteiger partial charge in [0.05, 0.1) is 12.2 Å². The van der Waals surface area contributed by atoms with Crippen LogP contribution in [0.25, 0.3) is 0 Å². The molecular formula is C19H22N2O4. The van der Waals surface area contributed by atoms with Gasteiger partial charge in [-0.3, -0.25) is 4.79 Å². The van der Waals surface area contributed by atoms with Gasteiger partial charge in [0.25, 0.3) is 5.91 Å². The third-order valence-corrected chi connectivity index (χ3v) is 3.32. The zero-order chi connectivity index (χ0) is 18.4. The monoisotopic (exact) mass is 342 g/mol. The normalized spacial score (nSPS) is 11.2. The van der Waals surface area contributed by atoms with Gasteiger partial charge in [-0.2, -0.15) is 0 Å². The predicted molar refractivity (Wildman–Crippen MR) is 93.4 cm³/mol. The predicted octanol–water partition coefficient (Wildman–Crippen LogP) is 3.02. The highest BCUT2D eigenvalue weighted by atomic mass is 16.5. The summed E-state index contributed by atoms with van der Waals surface area (Å²) in [7, 11) is 0. The molecule has 2 aromatic rings. The fourth-order valence-electron chi connectivity index (χ4n) is 2.08. The van der Waals surface area contributed by atoms with E-state index in [1.807, 2.05) is 45.0 Å². The van der Waals surface area contributed by atoms with E-state index < -0.39 is 11.9 Å². The summed E-state index contributed by atoms with van der Waals surface area (Å²) in [6.07, 6.45) is 0. The average molecular weight is 342 g/mol. The van der Waals surface area contributed by atoms with Crippen LogP contribution in [0.5, 0.6) is 0 Å². The van der Waals surface area contributed by atoms with Crippen LogP contribution in [-0.2, 0) is 17.9 Å². The van der Waals surface area contributed by atoms with E-state index >= 15 is 0 Å². The van der Waals surface area contributed by atoms with Gasteiger partial charge in [-0.15, -0.1) is 0 Å².